The van der Waals surface area contributed by atoms with E-state index in [1.165, 1.54) is 0 Å². The Hall–Kier alpha value is -0.650. The number of rotatable bonds is 2. The van der Waals surface area contributed by atoms with Crippen LogP contribution in [0.4, 0.5) is 5.00 Å². The van der Waals surface area contributed by atoms with Gasteiger partial charge in [-0.25, -0.2) is 4.98 Å². The molecular formula is C8H13N3OS. The number of ether oxygens (including phenoxy) is 1. The van der Waals surface area contributed by atoms with Crippen LogP contribution in [-0.2, 0) is 11.3 Å². The van der Waals surface area contributed by atoms with Crippen LogP contribution in [-0.4, -0.2) is 36.2 Å². The van der Waals surface area contributed by atoms with Crippen LogP contribution in [0.1, 0.15) is 5.01 Å². The molecule has 0 aliphatic carbocycles. The van der Waals surface area contributed by atoms with Gasteiger partial charge in [0.05, 0.1) is 26.0 Å². The van der Waals surface area contributed by atoms with Crippen molar-refractivity contribution in [1.82, 2.24) is 9.88 Å². The summed E-state index contributed by atoms with van der Waals surface area (Å²) in [7, 11) is 0. The highest BCUT2D eigenvalue weighted by Crippen LogP contribution is 2.16. The Morgan fingerprint density at radius 3 is 2.92 bits per heavy atom. The molecule has 0 spiro atoms. The predicted molar refractivity (Wildman–Crippen MR) is 52.6 cm³/mol. The molecule has 2 N–H and O–H groups in total. The highest BCUT2D eigenvalue weighted by atomic mass is 32.1. The molecule has 72 valence electrons. The number of aromatic nitrogens is 1. The lowest BCUT2D eigenvalue weighted by atomic mass is 10.4. The maximum atomic E-state index is 5.60. The molecule has 4 nitrogen and oxygen atoms in total. The first-order valence-corrected chi connectivity index (χ1v) is 5.16. The summed E-state index contributed by atoms with van der Waals surface area (Å²) in [5.41, 5.74) is 5.60. The summed E-state index contributed by atoms with van der Waals surface area (Å²) in [6.07, 6.45) is 1.72. The first-order chi connectivity index (χ1) is 6.34. The molecule has 1 saturated heterocycles. The largest absolute Gasteiger partial charge is 0.389 e. The molecule has 0 unspecified atom stereocenters. The minimum Gasteiger partial charge on any atom is -0.389 e. The maximum absolute atomic E-state index is 5.60. The van der Waals surface area contributed by atoms with Gasteiger partial charge in [0, 0.05) is 13.1 Å². The predicted octanol–water partition coefficient (Wildman–Crippen LogP) is 0.557. The zero-order valence-electron chi connectivity index (χ0n) is 7.40. The number of morpholine rings is 1. The van der Waals surface area contributed by atoms with Gasteiger partial charge in [-0.05, 0) is 0 Å². The third kappa shape index (κ3) is 2.40. The summed E-state index contributed by atoms with van der Waals surface area (Å²) >= 11 is 1.57. The van der Waals surface area contributed by atoms with E-state index < -0.39 is 0 Å². The average molecular weight is 199 g/mol. The van der Waals surface area contributed by atoms with Crippen LogP contribution in [0.2, 0.25) is 0 Å². The number of anilines is 1. The van der Waals surface area contributed by atoms with Crippen molar-refractivity contribution >= 4 is 16.3 Å². The van der Waals surface area contributed by atoms with Gasteiger partial charge in [0.25, 0.3) is 0 Å². The Morgan fingerprint density at radius 1 is 1.54 bits per heavy atom. The number of nitrogens with zero attached hydrogens (tertiary/aromatic N) is 2. The third-order valence-electron chi connectivity index (χ3n) is 2.03. The second-order valence-electron chi connectivity index (χ2n) is 3.04. The highest BCUT2D eigenvalue weighted by Gasteiger charge is 2.11. The number of hydrogen-bond donors (Lipinski definition) is 1. The topological polar surface area (TPSA) is 51.4 Å². The molecule has 1 aliphatic heterocycles. The Bertz CT molecular complexity index is 270. The lowest BCUT2D eigenvalue weighted by Crippen LogP contribution is -2.35. The number of nitrogen functional groups attached to an aromatic ring is 1. The van der Waals surface area contributed by atoms with Crippen LogP contribution in [0, 0.1) is 0 Å². The lowest BCUT2D eigenvalue weighted by Gasteiger charge is -2.25. The lowest BCUT2D eigenvalue weighted by molar-refractivity contribution is 0.0341. The first kappa shape index (κ1) is 8.93. The Balaban J connectivity index is 1.89. The summed E-state index contributed by atoms with van der Waals surface area (Å²) in [4.78, 5) is 6.56. The van der Waals surface area contributed by atoms with Crippen molar-refractivity contribution < 1.29 is 4.74 Å². The number of thiazole rings is 1. The van der Waals surface area contributed by atoms with E-state index in [0.29, 0.717) is 0 Å². The van der Waals surface area contributed by atoms with Crippen molar-refractivity contribution in [3.63, 3.8) is 0 Å². The van der Waals surface area contributed by atoms with Gasteiger partial charge in [-0.15, -0.1) is 11.3 Å². The zero-order valence-corrected chi connectivity index (χ0v) is 8.22. The second-order valence-corrected chi connectivity index (χ2v) is 4.19. The van der Waals surface area contributed by atoms with Crippen molar-refractivity contribution in [2.24, 2.45) is 0 Å². The van der Waals surface area contributed by atoms with Crippen LogP contribution in [0.5, 0.6) is 0 Å². The Kier molecular flexibility index (Phi) is 2.77. The molecule has 1 fully saturated rings. The third-order valence-corrected chi connectivity index (χ3v) is 2.85. The van der Waals surface area contributed by atoms with E-state index in [0.717, 1.165) is 42.9 Å². The molecule has 5 heteroatoms. The molecule has 0 saturated carbocycles. The molecule has 1 aromatic heterocycles. The van der Waals surface area contributed by atoms with E-state index in [-0.39, 0.29) is 0 Å². The normalized spacial score (nSPS) is 19.1. The van der Waals surface area contributed by atoms with E-state index in [4.69, 9.17) is 10.5 Å². The van der Waals surface area contributed by atoms with Crippen molar-refractivity contribution in [1.29, 1.82) is 0 Å². The van der Waals surface area contributed by atoms with Crippen LogP contribution in [0.3, 0.4) is 0 Å². The molecule has 0 radical (unpaired) electrons. The van der Waals surface area contributed by atoms with Gasteiger partial charge in [0.2, 0.25) is 0 Å². The van der Waals surface area contributed by atoms with Gasteiger partial charge >= 0.3 is 0 Å². The monoisotopic (exact) mass is 199 g/mol. The van der Waals surface area contributed by atoms with E-state index >= 15 is 0 Å². The van der Waals surface area contributed by atoms with E-state index in [2.05, 4.69) is 9.88 Å². The molecule has 13 heavy (non-hydrogen) atoms. The summed E-state index contributed by atoms with van der Waals surface area (Å²) in [5.74, 6) is 0. The van der Waals surface area contributed by atoms with E-state index in [9.17, 15) is 0 Å². The Morgan fingerprint density at radius 2 is 2.31 bits per heavy atom. The van der Waals surface area contributed by atoms with Crippen molar-refractivity contribution in [2.45, 2.75) is 6.54 Å². The van der Waals surface area contributed by atoms with E-state index in [1.54, 1.807) is 17.5 Å². The van der Waals surface area contributed by atoms with Crippen LogP contribution < -0.4 is 5.73 Å². The minimum absolute atomic E-state index is 0.795. The zero-order chi connectivity index (χ0) is 9.10. The second kappa shape index (κ2) is 4.04. The fourth-order valence-corrected chi connectivity index (χ4v) is 2.08. The van der Waals surface area contributed by atoms with Crippen molar-refractivity contribution in [2.75, 3.05) is 32.0 Å². The minimum atomic E-state index is 0.795. The summed E-state index contributed by atoms with van der Waals surface area (Å²) in [6.45, 7) is 4.58. The average Bonchev–Trinajstić information content (AvgIpc) is 2.53. The fourth-order valence-electron chi connectivity index (χ4n) is 1.35. The smallest absolute Gasteiger partial charge is 0.109 e. The van der Waals surface area contributed by atoms with Gasteiger partial charge < -0.3 is 10.5 Å². The van der Waals surface area contributed by atoms with Gasteiger partial charge in [0.15, 0.2) is 0 Å². The molecule has 0 amide bonds. The molecule has 1 aromatic rings. The van der Waals surface area contributed by atoms with Gasteiger partial charge in [-0.2, -0.15) is 0 Å². The Labute approximate surface area is 81.3 Å². The van der Waals surface area contributed by atoms with Crippen molar-refractivity contribution in [3.05, 3.63) is 11.2 Å². The van der Waals surface area contributed by atoms with Crippen LogP contribution >= 0.6 is 11.3 Å². The highest BCUT2D eigenvalue weighted by molar-refractivity contribution is 7.15. The van der Waals surface area contributed by atoms with Gasteiger partial charge in [-0.3, -0.25) is 4.90 Å². The molecule has 0 bridgehead atoms. The summed E-state index contributed by atoms with van der Waals surface area (Å²) in [6, 6.07) is 0. The molecule has 0 atom stereocenters. The molecule has 2 rings (SSSR count). The quantitative estimate of drug-likeness (QED) is 0.756. The molecule has 0 aromatic carbocycles. The summed E-state index contributed by atoms with van der Waals surface area (Å²) in [5, 5.41) is 1.89. The SMILES string of the molecule is Nc1cnc(CN2CCOCC2)s1. The first-order valence-electron chi connectivity index (χ1n) is 4.35. The van der Waals surface area contributed by atoms with E-state index in [1.807, 2.05) is 0 Å². The molecular weight excluding hydrogens is 186 g/mol. The van der Waals surface area contributed by atoms with Gasteiger partial charge in [-0.1, -0.05) is 0 Å². The van der Waals surface area contributed by atoms with Crippen LogP contribution in [0.25, 0.3) is 0 Å². The number of nitrogens with two attached hydrogens (primary N) is 1. The van der Waals surface area contributed by atoms with Crippen LogP contribution in [0.15, 0.2) is 6.20 Å². The van der Waals surface area contributed by atoms with Crippen molar-refractivity contribution in [3.8, 4) is 0 Å². The number of hydrogen-bond acceptors (Lipinski definition) is 5. The summed E-state index contributed by atoms with van der Waals surface area (Å²) < 4.78 is 5.26. The molecule has 1 aliphatic rings. The fraction of sp³-hybridized carbons (Fsp3) is 0.625. The van der Waals surface area contributed by atoms with Gasteiger partial charge in [0.1, 0.15) is 10.0 Å². The maximum Gasteiger partial charge on any atom is 0.109 e. The molecule has 2 heterocycles. The standard InChI is InChI=1S/C8H13N3OS/c9-7-5-10-8(13-7)6-11-1-3-12-4-2-11/h5H,1-4,6,9H2.